The zero-order chi connectivity index (χ0) is 21.8. The van der Waals surface area contributed by atoms with E-state index in [-0.39, 0.29) is 13.0 Å². The number of carbonyl (C=O) groups excluding carboxylic acids is 1. The van der Waals surface area contributed by atoms with Crippen LogP contribution in [0.1, 0.15) is 6.42 Å². The fraction of sp³-hybridized carbons (Fsp3) is 0.692. The molecule has 0 bridgehead atoms. The van der Waals surface area contributed by atoms with Gasteiger partial charge in [-0.1, -0.05) is 0 Å². The lowest BCUT2D eigenvalue weighted by Gasteiger charge is -2.51. The maximum atomic E-state index is 14.3. The molecule has 1 amide bonds. The van der Waals surface area contributed by atoms with Crippen molar-refractivity contribution in [2.45, 2.75) is 48.2 Å². The molecule has 1 aromatic rings. The van der Waals surface area contributed by atoms with Crippen molar-refractivity contribution in [3.8, 4) is 0 Å². The van der Waals surface area contributed by atoms with Gasteiger partial charge >= 0.3 is 35.3 Å². The molecule has 0 saturated heterocycles. The lowest BCUT2D eigenvalue weighted by molar-refractivity contribution is -0.476. The van der Waals surface area contributed by atoms with E-state index in [2.05, 4.69) is 4.98 Å². The molecule has 1 aliphatic rings. The van der Waals surface area contributed by atoms with Gasteiger partial charge in [0.25, 0.3) is 5.91 Å². The number of carbonyl (C=O) groups is 1. The average molecular weight is 433 g/mol. The topological polar surface area (TPSA) is 46.9 Å². The van der Waals surface area contributed by atoms with Gasteiger partial charge < -0.3 is 9.88 Å². The zero-order valence-electron chi connectivity index (χ0n) is 13.3. The van der Waals surface area contributed by atoms with Crippen LogP contribution in [0.25, 0.3) is 0 Å². The normalized spacial score (nSPS) is 25.8. The predicted molar refractivity (Wildman–Crippen MR) is 68.4 cm³/mol. The summed E-state index contributed by atoms with van der Waals surface area (Å²) in [4.78, 5) is 15.1. The van der Waals surface area contributed by atoms with Gasteiger partial charge in [-0.15, -0.1) is 0 Å². The summed E-state index contributed by atoms with van der Waals surface area (Å²) >= 11 is 0. The number of halogens is 11. The summed E-state index contributed by atoms with van der Waals surface area (Å²) in [5.41, 5.74) is -6.65. The summed E-state index contributed by atoms with van der Waals surface area (Å²) < 4.78 is 150. The van der Waals surface area contributed by atoms with Crippen molar-refractivity contribution in [1.29, 1.82) is 0 Å². The molecule has 1 aromatic heterocycles. The Hall–Kier alpha value is -2.09. The summed E-state index contributed by atoms with van der Waals surface area (Å²) in [6.07, 6.45) is 3.61. The predicted octanol–water partition coefficient (Wildman–Crippen LogP) is 3.29. The van der Waals surface area contributed by atoms with Gasteiger partial charge in [0.1, 0.15) is 0 Å². The minimum atomic E-state index is -7.34. The van der Waals surface area contributed by atoms with Gasteiger partial charge in [0.05, 0.1) is 6.33 Å². The van der Waals surface area contributed by atoms with Crippen LogP contribution >= 0.6 is 0 Å². The lowest BCUT2D eigenvalue weighted by atomic mass is 9.71. The van der Waals surface area contributed by atoms with Gasteiger partial charge in [0.2, 0.25) is 0 Å². The van der Waals surface area contributed by atoms with E-state index >= 15 is 0 Å². The Morgan fingerprint density at radius 3 is 1.71 bits per heavy atom. The summed E-state index contributed by atoms with van der Waals surface area (Å²) in [7, 11) is 0. The molecule has 28 heavy (non-hydrogen) atoms. The van der Waals surface area contributed by atoms with E-state index in [0.717, 1.165) is 5.32 Å². The molecule has 0 unspecified atom stereocenters. The smallest absolute Gasteiger partial charge is 0.353 e. The highest BCUT2D eigenvalue weighted by Crippen LogP contribution is 2.69. The number of amides is 1. The zero-order valence-corrected chi connectivity index (χ0v) is 13.3. The number of aryl methyl sites for hydroxylation is 1. The Kier molecular flexibility index (Phi) is 4.92. The first kappa shape index (κ1) is 22.2. The Balaban J connectivity index is 2.34. The summed E-state index contributed by atoms with van der Waals surface area (Å²) in [6.45, 7) is -0.945. The van der Waals surface area contributed by atoms with Crippen molar-refractivity contribution in [3.63, 3.8) is 0 Å². The number of aromatic nitrogens is 2. The Morgan fingerprint density at radius 1 is 0.821 bits per heavy atom. The molecule has 1 heterocycles. The highest BCUT2D eigenvalue weighted by atomic mass is 19.4. The van der Waals surface area contributed by atoms with Crippen molar-refractivity contribution >= 4 is 5.91 Å². The molecule has 0 spiro atoms. The van der Waals surface area contributed by atoms with Crippen LogP contribution in [0.15, 0.2) is 18.7 Å². The number of imidazole rings is 1. The monoisotopic (exact) mass is 433 g/mol. The van der Waals surface area contributed by atoms with E-state index in [0.29, 0.717) is 0 Å². The minimum absolute atomic E-state index is 0.0449. The molecule has 2 rings (SSSR count). The molecule has 0 atom stereocenters. The van der Waals surface area contributed by atoms with E-state index < -0.39 is 47.7 Å². The van der Waals surface area contributed by atoms with Gasteiger partial charge in [-0.3, -0.25) is 4.79 Å². The molecule has 160 valence electrons. The maximum Gasteiger partial charge on any atom is 0.384 e. The highest BCUT2D eigenvalue weighted by Gasteiger charge is 3.02. The van der Waals surface area contributed by atoms with Crippen LogP contribution in [0.2, 0.25) is 0 Å². The molecular formula is C13H10F11N3O. The lowest BCUT2D eigenvalue weighted by Crippen LogP contribution is -2.86. The molecule has 4 nitrogen and oxygen atoms in total. The van der Waals surface area contributed by atoms with Gasteiger partial charge in [0, 0.05) is 25.5 Å². The number of nitrogens with one attached hydrogen (secondary N) is 1. The quantitative estimate of drug-likeness (QED) is 0.573. The van der Waals surface area contributed by atoms with Crippen LogP contribution in [0.3, 0.4) is 0 Å². The van der Waals surface area contributed by atoms with Crippen LogP contribution in [-0.2, 0) is 11.3 Å². The van der Waals surface area contributed by atoms with Crippen molar-refractivity contribution in [2.75, 3.05) is 6.54 Å². The van der Waals surface area contributed by atoms with E-state index in [1.165, 1.54) is 23.3 Å². The first-order valence-electron chi connectivity index (χ1n) is 7.32. The third-order valence-corrected chi connectivity index (χ3v) is 4.19. The first-order valence-corrected chi connectivity index (χ1v) is 7.32. The number of alkyl halides is 11. The Bertz CT molecular complexity index is 702. The number of nitrogens with zero attached hydrogens (tertiary/aromatic N) is 2. The average Bonchev–Trinajstić information content (AvgIpc) is 3.09. The van der Waals surface area contributed by atoms with Gasteiger partial charge in [0.15, 0.2) is 0 Å². The molecular weight excluding hydrogens is 423 g/mol. The molecule has 1 aliphatic carbocycles. The summed E-state index contributed by atoms with van der Waals surface area (Å²) in [5.74, 6) is -39.5. The minimum Gasteiger partial charge on any atom is -0.353 e. The molecule has 15 heteroatoms. The fourth-order valence-corrected chi connectivity index (χ4v) is 2.51. The van der Waals surface area contributed by atoms with E-state index in [1.54, 1.807) is 0 Å². The first-order chi connectivity index (χ1) is 12.5. The van der Waals surface area contributed by atoms with Crippen molar-refractivity contribution in [3.05, 3.63) is 18.7 Å². The van der Waals surface area contributed by atoms with Crippen LogP contribution in [0.4, 0.5) is 48.3 Å². The molecule has 1 fully saturated rings. The van der Waals surface area contributed by atoms with Gasteiger partial charge in [-0.25, -0.2) is 9.37 Å². The second kappa shape index (κ2) is 6.20. The fourth-order valence-electron chi connectivity index (χ4n) is 2.51. The number of hydrogen-bond donors (Lipinski definition) is 1. The molecule has 1 N–H and O–H groups in total. The van der Waals surface area contributed by atoms with E-state index in [1.807, 2.05) is 0 Å². The van der Waals surface area contributed by atoms with Crippen molar-refractivity contribution < 1.29 is 53.1 Å². The van der Waals surface area contributed by atoms with Gasteiger partial charge in [-0.05, 0) is 6.42 Å². The molecule has 1 saturated carbocycles. The SMILES string of the molecule is O=C(NCCCn1ccnc1)C1(F)C(F)(F)C(F)(F)C(F)(F)C(F)(F)C1(F)F. The molecule has 0 radical (unpaired) electrons. The van der Waals surface area contributed by atoms with Crippen LogP contribution in [-0.4, -0.2) is 57.3 Å². The highest BCUT2D eigenvalue weighted by molar-refractivity contribution is 5.88. The van der Waals surface area contributed by atoms with Crippen LogP contribution in [0, 0.1) is 0 Å². The third-order valence-electron chi connectivity index (χ3n) is 4.19. The third kappa shape index (κ3) is 2.43. The Morgan fingerprint density at radius 2 is 1.29 bits per heavy atom. The second-order valence-corrected chi connectivity index (χ2v) is 5.94. The van der Waals surface area contributed by atoms with E-state index in [9.17, 15) is 53.1 Å². The molecule has 0 aliphatic heterocycles. The van der Waals surface area contributed by atoms with E-state index in [4.69, 9.17) is 0 Å². The summed E-state index contributed by atoms with van der Waals surface area (Å²) in [5, 5.41) is 1.05. The molecule has 0 aromatic carbocycles. The summed E-state index contributed by atoms with van der Waals surface area (Å²) in [6, 6.07) is 0. The van der Waals surface area contributed by atoms with Crippen LogP contribution in [0.5, 0.6) is 0 Å². The maximum absolute atomic E-state index is 14.3. The standard InChI is InChI=1S/C13H10F11N3O/c14-8(7(28)26-2-1-4-27-5-3-25-6-27)9(15,16)11(19,20)13(23,24)12(21,22)10(8,17)18/h3,5-6H,1-2,4H2,(H,26,28). The Labute approximate surface area is 148 Å². The number of hydrogen-bond acceptors (Lipinski definition) is 2. The van der Waals surface area contributed by atoms with Gasteiger partial charge in [-0.2, -0.15) is 43.9 Å². The second-order valence-electron chi connectivity index (χ2n) is 5.94. The van der Waals surface area contributed by atoms with Crippen molar-refractivity contribution in [1.82, 2.24) is 14.9 Å². The largest absolute Gasteiger partial charge is 0.384 e. The number of rotatable bonds is 5. The van der Waals surface area contributed by atoms with Crippen LogP contribution < -0.4 is 5.32 Å². The van der Waals surface area contributed by atoms with Crippen molar-refractivity contribution in [2.24, 2.45) is 0 Å².